The smallest absolute Gasteiger partial charge is 0.251 e. The molecule has 3 N–H and O–H groups in total. The molecule has 2 rings (SSSR count). The number of nitrogens with one attached hydrogen (secondary N) is 1. The minimum absolute atomic E-state index is 0.203. The second-order valence-corrected chi connectivity index (χ2v) is 6.24. The summed E-state index contributed by atoms with van der Waals surface area (Å²) < 4.78 is 26.2. The Kier molecular flexibility index (Phi) is 3.14. The molecule has 5 nitrogen and oxygen atoms in total. The number of hydrogen-bond donors (Lipinski definition) is 2. The summed E-state index contributed by atoms with van der Waals surface area (Å²) in [5.74, 6) is -0.713. The lowest BCUT2D eigenvalue weighted by molar-refractivity contribution is -0.116. The van der Waals surface area contributed by atoms with E-state index in [0.29, 0.717) is 5.39 Å². The van der Waals surface area contributed by atoms with E-state index in [2.05, 4.69) is 4.72 Å². The van der Waals surface area contributed by atoms with Crippen molar-refractivity contribution >= 4 is 38.0 Å². The third-order valence-electron chi connectivity index (χ3n) is 2.15. The quantitative estimate of drug-likeness (QED) is 0.855. The average molecular weight is 270 g/mol. The van der Waals surface area contributed by atoms with Crippen molar-refractivity contribution in [2.75, 3.05) is 6.54 Å². The van der Waals surface area contributed by atoms with Crippen LogP contribution in [0.15, 0.2) is 33.9 Å². The van der Waals surface area contributed by atoms with Gasteiger partial charge < -0.3 is 5.73 Å². The molecule has 0 saturated heterocycles. The Morgan fingerprint density at radius 3 is 2.76 bits per heavy atom. The van der Waals surface area contributed by atoms with E-state index in [0.717, 1.165) is 16.7 Å². The van der Waals surface area contributed by atoms with Crippen LogP contribution < -0.4 is 10.5 Å². The standard InChI is InChI=1S/C10H10N2O3S2/c11-9(13)5-12-17(14,15)10-8-4-2-1-3-7(8)6-16-10/h1-4,6,12H,5H2,(H2,11,13). The molecule has 1 aromatic carbocycles. The van der Waals surface area contributed by atoms with E-state index in [-0.39, 0.29) is 4.21 Å². The average Bonchev–Trinajstić information content (AvgIpc) is 2.71. The highest BCUT2D eigenvalue weighted by atomic mass is 32.2. The summed E-state index contributed by atoms with van der Waals surface area (Å²) in [5, 5.41) is 3.26. The Bertz CT molecular complexity index is 661. The maximum absolute atomic E-state index is 11.9. The van der Waals surface area contributed by atoms with E-state index < -0.39 is 22.5 Å². The Balaban J connectivity index is 2.42. The molecule has 0 saturated carbocycles. The first kappa shape index (κ1) is 12.0. The molecule has 0 radical (unpaired) electrons. The first-order valence-corrected chi connectivity index (χ1v) is 7.11. The molecule has 1 amide bonds. The lowest BCUT2D eigenvalue weighted by Crippen LogP contribution is -2.32. The van der Waals surface area contributed by atoms with Crippen molar-refractivity contribution in [1.82, 2.24) is 4.72 Å². The van der Waals surface area contributed by atoms with E-state index in [1.54, 1.807) is 17.5 Å². The molecule has 1 aromatic heterocycles. The molecule has 1 heterocycles. The topological polar surface area (TPSA) is 89.3 Å². The van der Waals surface area contributed by atoms with Crippen molar-refractivity contribution in [2.45, 2.75) is 4.21 Å². The molecule has 0 aliphatic carbocycles. The van der Waals surface area contributed by atoms with Crippen molar-refractivity contribution in [1.29, 1.82) is 0 Å². The van der Waals surface area contributed by atoms with E-state index in [1.165, 1.54) is 0 Å². The van der Waals surface area contributed by atoms with Crippen LogP contribution in [-0.4, -0.2) is 20.9 Å². The van der Waals surface area contributed by atoms with Gasteiger partial charge in [-0.1, -0.05) is 24.3 Å². The minimum Gasteiger partial charge on any atom is -0.369 e. The van der Waals surface area contributed by atoms with Gasteiger partial charge in [-0.25, -0.2) is 13.1 Å². The lowest BCUT2D eigenvalue weighted by Gasteiger charge is -2.02. The summed E-state index contributed by atoms with van der Waals surface area (Å²) in [6.45, 7) is -0.394. The highest BCUT2D eigenvalue weighted by molar-refractivity contribution is 7.91. The van der Waals surface area contributed by atoms with Crippen molar-refractivity contribution in [2.24, 2.45) is 5.73 Å². The SMILES string of the molecule is NC(=O)CNS(=O)(=O)c1scc2ccccc12. The van der Waals surface area contributed by atoms with Crippen LogP contribution in [0.2, 0.25) is 0 Å². The van der Waals surface area contributed by atoms with Gasteiger partial charge in [0.1, 0.15) is 4.21 Å². The van der Waals surface area contributed by atoms with Crippen LogP contribution in [-0.2, 0) is 14.8 Å². The van der Waals surface area contributed by atoms with Crippen LogP contribution in [0.5, 0.6) is 0 Å². The normalized spacial score (nSPS) is 11.8. The summed E-state index contributed by atoms with van der Waals surface area (Å²) in [6, 6.07) is 7.16. The van der Waals surface area contributed by atoms with Gasteiger partial charge in [0.25, 0.3) is 10.0 Å². The zero-order valence-corrected chi connectivity index (χ0v) is 10.3. The Morgan fingerprint density at radius 2 is 2.06 bits per heavy atom. The van der Waals surface area contributed by atoms with Crippen molar-refractivity contribution < 1.29 is 13.2 Å². The second kappa shape index (κ2) is 4.44. The Hall–Kier alpha value is -1.44. The minimum atomic E-state index is -3.67. The zero-order chi connectivity index (χ0) is 12.5. The molecule has 0 atom stereocenters. The van der Waals surface area contributed by atoms with Gasteiger partial charge in [0.2, 0.25) is 5.91 Å². The fourth-order valence-electron chi connectivity index (χ4n) is 1.41. The van der Waals surface area contributed by atoms with Gasteiger partial charge in [0, 0.05) is 5.39 Å². The summed E-state index contributed by atoms with van der Waals surface area (Å²) in [7, 11) is -3.67. The Morgan fingerprint density at radius 1 is 1.35 bits per heavy atom. The van der Waals surface area contributed by atoms with E-state index in [9.17, 15) is 13.2 Å². The number of amides is 1. The van der Waals surface area contributed by atoms with E-state index in [4.69, 9.17) is 5.73 Å². The van der Waals surface area contributed by atoms with Gasteiger partial charge in [-0.15, -0.1) is 11.3 Å². The predicted octanol–water partition coefficient (Wildman–Crippen LogP) is 0.665. The van der Waals surface area contributed by atoms with Gasteiger partial charge >= 0.3 is 0 Å². The molecule has 0 fully saturated rings. The van der Waals surface area contributed by atoms with E-state index in [1.807, 2.05) is 12.1 Å². The molecule has 0 spiro atoms. The maximum Gasteiger partial charge on any atom is 0.251 e. The predicted molar refractivity (Wildman–Crippen MR) is 66.2 cm³/mol. The maximum atomic E-state index is 11.9. The molecule has 90 valence electrons. The largest absolute Gasteiger partial charge is 0.369 e. The van der Waals surface area contributed by atoms with Gasteiger partial charge in [0.15, 0.2) is 0 Å². The number of hydrogen-bond acceptors (Lipinski definition) is 4. The summed E-state index contributed by atoms with van der Waals surface area (Å²) >= 11 is 1.12. The highest BCUT2D eigenvalue weighted by Gasteiger charge is 2.19. The number of thiophene rings is 1. The van der Waals surface area contributed by atoms with Gasteiger partial charge in [-0.2, -0.15) is 0 Å². The number of nitrogens with two attached hydrogens (primary N) is 1. The number of benzene rings is 1. The number of carbonyl (C=O) groups excluding carboxylic acids is 1. The van der Waals surface area contributed by atoms with Gasteiger partial charge in [0.05, 0.1) is 6.54 Å². The first-order valence-electron chi connectivity index (χ1n) is 4.75. The number of sulfonamides is 1. The third kappa shape index (κ3) is 2.46. The molecule has 0 bridgehead atoms. The van der Waals surface area contributed by atoms with Crippen LogP contribution in [0.4, 0.5) is 0 Å². The number of rotatable bonds is 4. The Labute approximate surface area is 102 Å². The van der Waals surface area contributed by atoms with Crippen LogP contribution in [0.25, 0.3) is 10.8 Å². The van der Waals surface area contributed by atoms with Crippen molar-refractivity contribution in [3.05, 3.63) is 29.6 Å². The molecular formula is C10H10N2O3S2. The van der Waals surface area contributed by atoms with Crippen LogP contribution >= 0.6 is 11.3 Å². The highest BCUT2D eigenvalue weighted by Crippen LogP contribution is 2.29. The molecule has 2 aromatic rings. The molecule has 0 unspecified atom stereocenters. The van der Waals surface area contributed by atoms with E-state index >= 15 is 0 Å². The fourth-order valence-corrected chi connectivity index (χ4v) is 3.92. The number of fused-ring (bicyclic) bond motifs is 1. The summed E-state index contributed by atoms with van der Waals surface area (Å²) in [5.41, 5.74) is 4.90. The van der Waals surface area contributed by atoms with Crippen LogP contribution in [0.3, 0.4) is 0 Å². The zero-order valence-electron chi connectivity index (χ0n) is 8.71. The molecule has 0 aliphatic rings. The molecular weight excluding hydrogens is 260 g/mol. The van der Waals surface area contributed by atoms with Gasteiger partial charge in [-0.3, -0.25) is 4.79 Å². The third-order valence-corrected chi connectivity index (χ3v) is 5.14. The number of carbonyl (C=O) groups is 1. The van der Waals surface area contributed by atoms with Gasteiger partial charge in [-0.05, 0) is 10.8 Å². The van der Waals surface area contributed by atoms with Crippen molar-refractivity contribution in [3.8, 4) is 0 Å². The van der Waals surface area contributed by atoms with Crippen molar-refractivity contribution in [3.63, 3.8) is 0 Å². The second-order valence-electron chi connectivity index (χ2n) is 3.40. The monoisotopic (exact) mass is 270 g/mol. The molecule has 7 heteroatoms. The molecule has 0 aliphatic heterocycles. The fraction of sp³-hybridized carbons (Fsp3) is 0.100. The van der Waals surface area contributed by atoms with Crippen LogP contribution in [0, 0.1) is 0 Å². The lowest BCUT2D eigenvalue weighted by atomic mass is 10.2. The molecule has 17 heavy (non-hydrogen) atoms. The first-order chi connectivity index (χ1) is 8.00. The summed E-state index contributed by atoms with van der Waals surface area (Å²) in [4.78, 5) is 10.6. The summed E-state index contributed by atoms with van der Waals surface area (Å²) in [6.07, 6.45) is 0. The number of primary amides is 1. The van der Waals surface area contributed by atoms with Crippen LogP contribution in [0.1, 0.15) is 0 Å².